The molecule has 1 aromatic rings. The molecule has 3 nitrogen and oxygen atoms in total. The lowest BCUT2D eigenvalue weighted by atomic mass is 9.66. The first-order valence-corrected chi connectivity index (χ1v) is 7.57. The van der Waals surface area contributed by atoms with Crippen molar-refractivity contribution in [1.29, 1.82) is 0 Å². The van der Waals surface area contributed by atoms with E-state index >= 15 is 0 Å². The van der Waals surface area contributed by atoms with Crippen molar-refractivity contribution in [2.45, 2.75) is 59.0 Å². The van der Waals surface area contributed by atoms with Crippen LogP contribution in [0.1, 0.15) is 50.8 Å². The minimum absolute atomic E-state index is 0.222. The van der Waals surface area contributed by atoms with Crippen LogP contribution in [0.2, 0.25) is 5.15 Å². The fourth-order valence-corrected chi connectivity index (χ4v) is 3.74. The third-order valence-corrected chi connectivity index (χ3v) is 5.21. The molecule has 2 unspecified atom stereocenters. The summed E-state index contributed by atoms with van der Waals surface area (Å²) in [5.41, 5.74) is 2.15. The van der Waals surface area contributed by atoms with Crippen LogP contribution < -0.4 is 0 Å². The van der Waals surface area contributed by atoms with Gasteiger partial charge in [0, 0.05) is 19.0 Å². The Morgan fingerprint density at radius 1 is 1.47 bits per heavy atom. The normalized spacial score (nSPS) is 24.4. The van der Waals surface area contributed by atoms with E-state index in [9.17, 15) is 5.11 Å². The summed E-state index contributed by atoms with van der Waals surface area (Å²) in [6, 6.07) is 0. The van der Waals surface area contributed by atoms with E-state index in [2.05, 4.69) is 18.9 Å². The molecule has 1 heterocycles. The Bertz CT molecular complexity index is 453. The summed E-state index contributed by atoms with van der Waals surface area (Å²) in [6.07, 6.45) is 5.12. The second-order valence-electron chi connectivity index (χ2n) is 6.59. The molecule has 1 aliphatic carbocycles. The molecule has 1 aromatic heterocycles. The van der Waals surface area contributed by atoms with Crippen molar-refractivity contribution in [3.05, 3.63) is 16.4 Å². The monoisotopic (exact) mass is 284 g/mol. The Morgan fingerprint density at radius 2 is 2.16 bits per heavy atom. The highest BCUT2D eigenvalue weighted by Crippen LogP contribution is 2.43. The van der Waals surface area contributed by atoms with Crippen LogP contribution in [0.25, 0.3) is 0 Å². The molecular weight excluding hydrogens is 260 g/mol. The predicted octanol–water partition coefficient (Wildman–Crippen LogP) is 3.50. The molecule has 0 amide bonds. The molecule has 0 bridgehead atoms. The van der Waals surface area contributed by atoms with Crippen LogP contribution in [-0.4, -0.2) is 21.0 Å². The molecule has 2 atom stereocenters. The third-order valence-electron chi connectivity index (χ3n) is 4.74. The molecule has 108 valence electrons. The average molecular weight is 285 g/mol. The second-order valence-corrected chi connectivity index (χ2v) is 6.95. The predicted molar refractivity (Wildman–Crippen MR) is 78.4 cm³/mol. The molecule has 0 radical (unpaired) electrons. The number of aliphatic hydroxyl groups is 1. The van der Waals surface area contributed by atoms with Crippen LogP contribution in [0.4, 0.5) is 0 Å². The van der Waals surface area contributed by atoms with E-state index in [1.54, 1.807) is 4.68 Å². The van der Waals surface area contributed by atoms with Crippen LogP contribution in [0.15, 0.2) is 0 Å². The number of aromatic nitrogens is 2. The second kappa shape index (κ2) is 5.45. The molecule has 0 spiro atoms. The number of aryl methyl sites for hydroxylation is 2. The van der Waals surface area contributed by atoms with Gasteiger partial charge in [-0.1, -0.05) is 38.3 Å². The van der Waals surface area contributed by atoms with Gasteiger partial charge in [-0.2, -0.15) is 5.10 Å². The van der Waals surface area contributed by atoms with Gasteiger partial charge >= 0.3 is 0 Å². The molecular formula is C15H25ClN2O. The van der Waals surface area contributed by atoms with Gasteiger partial charge in [0.2, 0.25) is 0 Å². The Balaban J connectivity index is 2.14. The van der Waals surface area contributed by atoms with Crippen molar-refractivity contribution in [2.75, 3.05) is 0 Å². The summed E-state index contributed by atoms with van der Waals surface area (Å²) in [5, 5.41) is 15.6. The van der Waals surface area contributed by atoms with E-state index in [0.717, 1.165) is 17.7 Å². The number of aliphatic hydroxyl groups excluding tert-OH is 1. The van der Waals surface area contributed by atoms with E-state index in [4.69, 9.17) is 11.6 Å². The van der Waals surface area contributed by atoms with Gasteiger partial charge in [0.15, 0.2) is 0 Å². The molecule has 4 heteroatoms. The van der Waals surface area contributed by atoms with Crippen molar-refractivity contribution >= 4 is 11.6 Å². The Labute approximate surface area is 121 Å². The molecule has 2 rings (SSSR count). The van der Waals surface area contributed by atoms with Crippen LogP contribution >= 0.6 is 11.6 Å². The molecule has 1 saturated carbocycles. The maximum atomic E-state index is 10.6. The van der Waals surface area contributed by atoms with Gasteiger partial charge in [-0.15, -0.1) is 0 Å². The molecule has 1 N–H and O–H groups in total. The van der Waals surface area contributed by atoms with E-state index in [-0.39, 0.29) is 11.5 Å². The summed E-state index contributed by atoms with van der Waals surface area (Å²) < 4.78 is 1.69. The number of hydrogen-bond donors (Lipinski definition) is 1. The summed E-state index contributed by atoms with van der Waals surface area (Å²) in [6.45, 7) is 6.51. The maximum absolute atomic E-state index is 10.6. The lowest BCUT2D eigenvalue weighted by Gasteiger charge is -2.41. The summed E-state index contributed by atoms with van der Waals surface area (Å²) in [4.78, 5) is 0. The highest BCUT2D eigenvalue weighted by Gasteiger charge is 2.37. The topological polar surface area (TPSA) is 38.0 Å². The minimum Gasteiger partial charge on any atom is -0.392 e. The van der Waals surface area contributed by atoms with E-state index in [1.807, 2.05) is 14.0 Å². The average Bonchev–Trinajstić information content (AvgIpc) is 2.55. The number of halogens is 1. The fraction of sp³-hybridized carbons (Fsp3) is 0.800. The van der Waals surface area contributed by atoms with Crippen molar-refractivity contribution in [2.24, 2.45) is 18.4 Å². The molecule has 1 fully saturated rings. The fourth-order valence-electron chi connectivity index (χ4n) is 3.49. The summed E-state index contributed by atoms with van der Waals surface area (Å²) >= 11 is 6.26. The molecule has 19 heavy (non-hydrogen) atoms. The van der Waals surface area contributed by atoms with E-state index in [1.165, 1.54) is 19.3 Å². The van der Waals surface area contributed by atoms with Crippen molar-refractivity contribution < 1.29 is 5.11 Å². The van der Waals surface area contributed by atoms with Gasteiger partial charge in [-0.25, -0.2) is 0 Å². The van der Waals surface area contributed by atoms with Gasteiger partial charge in [-0.05, 0) is 31.1 Å². The van der Waals surface area contributed by atoms with Gasteiger partial charge in [0.05, 0.1) is 11.8 Å². The first kappa shape index (κ1) is 14.9. The van der Waals surface area contributed by atoms with Crippen LogP contribution in [-0.2, 0) is 13.5 Å². The Kier molecular flexibility index (Phi) is 4.26. The molecule has 0 aromatic carbocycles. The van der Waals surface area contributed by atoms with E-state index in [0.29, 0.717) is 17.5 Å². The number of hydrogen-bond acceptors (Lipinski definition) is 2. The lowest BCUT2D eigenvalue weighted by molar-refractivity contribution is 0.00573. The smallest absolute Gasteiger partial charge is 0.130 e. The zero-order chi connectivity index (χ0) is 14.2. The zero-order valence-corrected chi connectivity index (χ0v) is 13.2. The first-order chi connectivity index (χ1) is 8.83. The van der Waals surface area contributed by atoms with Crippen molar-refractivity contribution in [3.63, 3.8) is 0 Å². The standard InChI is InChI=1S/C15H25ClN2O/c1-10-11(14(16)18(4)17-10)9-13(19)12-7-5-6-8-15(12,2)3/h12-13,19H,5-9H2,1-4H3. The first-order valence-electron chi connectivity index (χ1n) is 7.19. The molecule has 0 aliphatic heterocycles. The van der Waals surface area contributed by atoms with Gasteiger partial charge in [0.1, 0.15) is 5.15 Å². The van der Waals surface area contributed by atoms with Crippen molar-refractivity contribution in [3.8, 4) is 0 Å². The van der Waals surface area contributed by atoms with Crippen LogP contribution in [0.5, 0.6) is 0 Å². The van der Waals surface area contributed by atoms with Crippen molar-refractivity contribution in [1.82, 2.24) is 9.78 Å². The maximum Gasteiger partial charge on any atom is 0.130 e. The van der Waals surface area contributed by atoms with Gasteiger partial charge in [-0.3, -0.25) is 4.68 Å². The molecule has 1 aliphatic rings. The third kappa shape index (κ3) is 2.97. The molecule has 0 saturated heterocycles. The number of nitrogens with zero attached hydrogens (tertiary/aromatic N) is 2. The SMILES string of the molecule is Cc1nn(C)c(Cl)c1CC(O)C1CCCCC1(C)C. The van der Waals surface area contributed by atoms with E-state index < -0.39 is 0 Å². The van der Waals surface area contributed by atoms with Crippen LogP contribution in [0, 0.1) is 18.3 Å². The Hall–Kier alpha value is -0.540. The number of rotatable bonds is 3. The highest BCUT2D eigenvalue weighted by atomic mass is 35.5. The summed E-state index contributed by atoms with van der Waals surface area (Å²) in [5.74, 6) is 0.358. The zero-order valence-electron chi connectivity index (χ0n) is 12.4. The Morgan fingerprint density at radius 3 is 2.68 bits per heavy atom. The minimum atomic E-state index is -0.323. The summed E-state index contributed by atoms with van der Waals surface area (Å²) in [7, 11) is 1.84. The van der Waals surface area contributed by atoms with Gasteiger partial charge < -0.3 is 5.11 Å². The lowest BCUT2D eigenvalue weighted by Crippen LogP contribution is -2.38. The highest BCUT2D eigenvalue weighted by molar-refractivity contribution is 6.30. The van der Waals surface area contributed by atoms with Crippen LogP contribution in [0.3, 0.4) is 0 Å². The largest absolute Gasteiger partial charge is 0.392 e. The van der Waals surface area contributed by atoms with Gasteiger partial charge in [0.25, 0.3) is 0 Å². The quantitative estimate of drug-likeness (QED) is 0.922.